The Balaban J connectivity index is 1.60. The first-order valence-electron chi connectivity index (χ1n) is 13.0. The van der Waals surface area contributed by atoms with Crippen molar-refractivity contribution in [1.29, 1.82) is 0 Å². The summed E-state index contributed by atoms with van der Waals surface area (Å²) in [6.45, 7) is 0.790. The monoisotopic (exact) mass is 481 g/mol. The van der Waals surface area contributed by atoms with Crippen LogP contribution in [0.15, 0.2) is 83.7 Å². The third kappa shape index (κ3) is 6.76. The lowest BCUT2D eigenvalue weighted by Gasteiger charge is -2.14. The lowest BCUT2D eigenvalue weighted by molar-refractivity contribution is -0.119. The highest BCUT2D eigenvalue weighted by molar-refractivity contribution is 5.84. The number of nitrogens with zero attached hydrogens (tertiary/aromatic N) is 2. The van der Waals surface area contributed by atoms with Crippen LogP contribution in [0.2, 0.25) is 0 Å². The number of hydrogen-bond donors (Lipinski definition) is 1. The van der Waals surface area contributed by atoms with Gasteiger partial charge >= 0.3 is 0 Å². The number of unbranched alkanes of at least 4 members (excludes halogenated alkanes) is 4. The number of aryl methyl sites for hydroxylation is 2. The smallest absolute Gasteiger partial charge is 0.261 e. The van der Waals surface area contributed by atoms with Crippen LogP contribution >= 0.6 is 0 Å². The number of Topliss-reactive ketones (excluding diaryl/α,β-unsaturated/α-hetero) is 1. The van der Waals surface area contributed by atoms with Crippen LogP contribution < -0.4 is 11.3 Å². The van der Waals surface area contributed by atoms with Gasteiger partial charge in [-0.25, -0.2) is 4.98 Å². The van der Waals surface area contributed by atoms with Crippen molar-refractivity contribution in [3.63, 3.8) is 0 Å². The predicted molar refractivity (Wildman–Crippen MR) is 147 cm³/mol. The molecule has 0 unspecified atom stereocenters. The van der Waals surface area contributed by atoms with Crippen LogP contribution in [-0.2, 0) is 24.2 Å². The summed E-state index contributed by atoms with van der Waals surface area (Å²) in [6, 6.07) is 26.0. The molecule has 186 valence electrons. The van der Waals surface area contributed by atoms with E-state index in [1.807, 2.05) is 66.7 Å². The van der Waals surface area contributed by atoms with Gasteiger partial charge in [0.15, 0.2) is 5.78 Å². The third-order valence-electron chi connectivity index (χ3n) is 6.61. The Labute approximate surface area is 213 Å². The maximum Gasteiger partial charge on any atom is 0.261 e. The second-order valence-corrected chi connectivity index (χ2v) is 9.35. The van der Waals surface area contributed by atoms with Crippen molar-refractivity contribution < 1.29 is 4.79 Å². The molecule has 0 aliphatic carbocycles. The van der Waals surface area contributed by atoms with E-state index in [1.165, 1.54) is 5.56 Å². The number of carbonyl (C=O) groups is 1. The third-order valence-corrected chi connectivity index (χ3v) is 6.61. The SMILES string of the molecule is NCCCCCCCC(=O)Cn1c(CCc2ccccc2)nc2ccc(-c3ccccc3)cc2c1=O. The molecular weight excluding hydrogens is 446 g/mol. The van der Waals surface area contributed by atoms with Gasteiger partial charge in [0.05, 0.1) is 17.4 Å². The van der Waals surface area contributed by atoms with Gasteiger partial charge in [0.1, 0.15) is 5.82 Å². The molecule has 0 fully saturated rings. The molecule has 0 amide bonds. The van der Waals surface area contributed by atoms with Crippen molar-refractivity contribution in [2.75, 3.05) is 6.54 Å². The Morgan fingerprint density at radius 1 is 0.778 bits per heavy atom. The molecule has 36 heavy (non-hydrogen) atoms. The van der Waals surface area contributed by atoms with E-state index in [-0.39, 0.29) is 17.9 Å². The van der Waals surface area contributed by atoms with Crippen molar-refractivity contribution in [3.8, 4) is 11.1 Å². The van der Waals surface area contributed by atoms with Crippen LogP contribution in [0.25, 0.3) is 22.0 Å². The molecule has 1 aromatic heterocycles. The number of rotatable bonds is 13. The van der Waals surface area contributed by atoms with E-state index in [0.717, 1.165) is 49.7 Å². The standard InChI is InChI=1S/C31H35N3O2/c32-21-11-3-1-2-10-16-27(35)23-34-30(20-17-24-12-6-4-7-13-24)33-29-19-18-26(22-28(29)31(34)36)25-14-8-5-9-15-25/h4-9,12-15,18-19,22H,1-3,10-11,16-17,20-21,23,32H2. The number of aromatic nitrogens is 2. The summed E-state index contributed by atoms with van der Waals surface area (Å²) in [5.41, 5.74) is 9.28. The molecule has 0 radical (unpaired) electrons. The lowest BCUT2D eigenvalue weighted by atomic mass is 10.0. The van der Waals surface area contributed by atoms with Crippen LogP contribution in [0.4, 0.5) is 0 Å². The first-order chi connectivity index (χ1) is 17.7. The van der Waals surface area contributed by atoms with Gasteiger partial charge in [-0.1, -0.05) is 86.0 Å². The normalized spacial score (nSPS) is 11.1. The molecule has 1 heterocycles. The maximum absolute atomic E-state index is 13.7. The molecule has 4 aromatic rings. The fraction of sp³-hybridized carbons (Fsp3) is 0.323. The summed E-state index contributed by atoms with van der Waals surface area (Å²) in [5.74, 6) is 0.748. The minimum atomic E-state index is -0.142. The van der Waals surface area contributed by atoms with Crippen LogP contribution in [0.1, 0.15) is 49.9 Å². The number of carbonyl (C=O) groups excluding carboxylic acids is 1. The highest BCUT2D eigenvalue weighted by atomic mass is 16.1. The quantitative estimate of drug-likeness (QED) is 0.248. The minimum absolute atomic E-state index is 0.0737. The Hall–Kier alpha value is -3.57. The summed E-state index contributed by atoms with van der Waals surface area (Å²) in [5, 5.41) is 0.550. The van der Waals surface area contributed by atoms with E-state index < -0.39 is 0 Å². The molecule has 5 heteroatoms. The summed E-state index contributed by atoms with van der Waals surface area (Å²) in [6.07, 6.45) is 6.92. The Morgan fingerprint density at radius 3 is 2.22 bits per heavy atom. The predicted octanol–water partition coefficient (Wildman–Crippen LogP) is 5.72. The number of benzene rings is 3. The van der Waals surface area contributed by atoms with E-state index in [1.54, 1.807) is 4.57 Å². The van der Waals surface area contributed by atoms with Gasteiger partial charge in [0.25, 0.3) is 5.56 Å². The minimum Gasteiger partial charge on any atom is -0.330 e. The molecule has 0 aliphatic rings. The topological polar surface area (TPSA) is 78.0 Å². The average Bonchev–Trinajstić information content (AvgIpc) is 2.92. The molecular formula is C31H35N3O2. The summed E-state index contributed by atoms with van der Waals surface area (Å²) >= 11 is 0. The Bertz CT molecular complexity index is 1330. The van der Waals surface area contributed by atoms with Crippen LogP contribution in [0, 0.1) is 0 Å². The molecule has 0 spiro atoms. The van der Waals surface area contributed by atoms with Crippen molar-refractivity contribution in [3.05, 3.63) is 101 Å². The van der Waals surface area contributed by atoms with Crippen molar-refractivity contribution in [1.82, 2.24) is 9.55 Å². The summed E-state index contributed by atoms with van der Waals surface area (Å²) in [4.78, 5) is 31.5. The van der Waals surface area contributed by atoms with Gasteiger partial charge in [-0.15, -0.1) is 0 Å². The summed E-state index contributed by atoms with van der Waals surface area (Å²) in [7, 11) is 0. The fourth-order valence-corrected chi connectivity index (χ4v) is 4.58. The Morgan fingerprint density at radius 2 is 1.47 bits per heavy atom. The zero-order chi connectivity index (χ0) is 25.2. The molecule has 3 aromatic carbocycles. The van der Waals surface area contributed by atoms with E-state index in [4.69, 9.17) is 10.7 Å². The highest BCUT2D eigenvalue weighted by Crippen LogP contribution is 2.22. The zero-order valence-electron chi connectivity index (χ0n) is 20.9. The van der Waals surface area contributed by atoms with Crippen LogP contribution in [0.3, 0.4) is 0 Å². The van der Waals surface area contributed by atoms with Gasteiger partial charge in [-0.2, -0.15) is 0 Å². The first kappa shape index (κ1) is 25.5. The van der Waals surface area contributed by atoms with Gasteiger partial charge < -0.3 is 5.73 Å². The van der Waals surface area contributed by atoms with Gasteiger partial charge in [0, 0.05) is 12.8 Å². The van der Waals surface area contributed by atoms with Crippen molar-refractivity contribution >= 4 is 16.7 Å². The van der Waals surface area contributed by atoms with Crippen LogP contribution in [0.5, 0.6) is 0 Å². The number of hydrogen-bond acceptors (Lipinski definition) is 4. The number of nitrogens with two attached hydrogens (primary N) is 1. The average molecular weight is 482 g/mol. The molecule has 4 rings (SSSR count). The van der Waals surface area contributed by atoms with E-state index >= 15 is 0 Å². The van der Waals surface area contributed by atoms with Gasteiger partial charge in [-0.05, 0) is 54.6 Å². The molecule has 2 N–H and O–H groups in total. The van der Waals surface area contributed by atoms with E-state index in [2.05, 4.69) is 12.1 Å². The molecule has 0 saturated heterocycles. The molecule has 0 saturated carbocycles. The summed E-state index contributed by atoms with van der Waals surface area (Å²) < 4.78 is 1.61. The second-order valence-electron chi connectivity index (χ2n) is 9.35. The molecule has 5 nitrogen and oxygen atoms in total. The molecule has 0 bridgehead atoms. The van der Waals surface area contributed by atoms with E-state index in [9.17, 15) is 9.59 Å². The highest BCUT2D eigenvalue weighted by Gasteiger charge is 2.15. The van der Waals surface area contributed by atoms with Gasteiger partial charge in [-0.3, -0.25) is 14.2 Å². The maximum atomic E-state index is 13.7. The first-order valence-corrected chi connectivity index (χ1v) is 13.0. The van der Waals surface area contributed by atoms with E-state index in [0.29, 0.717) is 36.1 Å². The molecule has 0 aliphatic heterocycles. The second kappa shape index (κ2) is 12.9. The molecule has 0 atom stereocenters. The number of ketones is 1. The fourth-order valence-electron chi connectivity index (χ4n) is 4.58. The van der Waals surface area contributed by atoms with Crippen molar-refractivity contribution in [2.24, 2.45) is 5.73 Å². The van der Waals surface area contributed by atoms with Crippen LogP contribution in [-0.4, -0.2) is 21.9 Å². The number of fused-ring (bicyclic) bond motifs is 1. The van der Waals surface area contributed by atoms with Crippen molar-refractivity contribution in [2.45, 2.75) is 57.9 Å². The lowest BCUT2D eigenvalue weighted by Crippen LogP contribution is -2.29. The Kier molecular flexibility index (Phi) is 9.17. The largest absolute Gasteiger partial charge is 0.330 e. The zero-order valence-corrected chi connectivity index (χ0v) is 20.9. The van der Waals surface area contributed by atoms with Gasteiger partial charge in [0.2, 0.25) is 0 Å².